The summed E-state index contributed by atoms with van der Waals surface area (Å²) in [7, 11) is 0. The monoisotopic (exact) mass is 184 g/mol. The number of rotatable bonds is 2. The Bertz CT molecular complexity index is 465. The molecule has 69 valence electrons. The molecule has 0 fully saturated rings. The molecule has 0 aliphatic heterocycles. The second-order valence-electron chi connectivity index (χ2n) is 3.20. The minimum atomic E-state index is -0.639. The Morgan fingerprint density at radius 1 is 1.07 bits per heavy atom. The lowest BCUT2D eigenvalue weighted by molar-refractivity contribution is 0.544. The van der Waals surface area contributed by atoms with Crippen LogP contribution in [0.1, 0.15) is 11.6 Å². The van der Waals surface area contributed by atoms with Crippen LogP contribution in [0.5, 0.6) is 0 Å². The molecule has 2 rings (SSSR count). The van der Waals surface area contributed by atoms with Gasteiger partial charge in [0.1, 0.15) is 0 Å². The molecule has 0 aliphatic rings. The van der Waals surface area contributed by atoms with E-state index in [9.17, 15) is 4.79 Å². The third-order valence-corrected chi connectivity index (χ3v) is 2.26. The minimum Gasteiger partial charge on any atom is -0.317 e. The highest BCUT2D eigenvalue weighted by molar-refractivity contribution is 5.83. The van der Waals surface area contributed by atoms with Crippen molar-refractivity contribution in [3.05, 3.63) is 48.0 Å². The number of carbonyl (C=O) groups excluding carboxylic acids is 1. The summed E-state index contributed by atoms with van der Waals surface area (Å²) < 4.78 is 0. The highest BCUT2D eigenvalue weighted by Gasteiger charge is 2.04. The molecule has 14 heavy (non-hydrogen) atoms. The zero-order chi connectivity index (χ0) is 9.97. The summed E-state index contributed by atoms with van der Waals surface area (Å²) in [5.74, 6) is 0. The Morgan fingerprint density at radius 3 is 2.50 bits per heavy atom. The summed E-state index contributed by atoms with van der Waals surface area (Å²) in [4.78, 5) is 10.4. The molecule has 2 aromatic rings. The number of fused-ring (bicyclic) bond motifs is 1. The van der Waals surface area contributed by atoms with Gasteiger partial charge in [0, 0.05) is 0 Å². The Morgan fingerprint density at radius 2 is 1.79 bits per heavy atom. The quantitative estimate of drug-likeness (QED) is 0.775. The third kappa shape index (κ3) is 1.52. The van der Waals surface area contributed by atoms with Gasteiger partial charge in [-0.1, -0.05) is 36.4 Å². The molecule has 0 bridgehead atoms. The Hall–Kier alpha value is -1.67. The van der Waals surface area contributed by atoms with Crippen molar-refractivity contribution < 1.29 is 4.79 Å². The van der Waals surface area contributed by atoms with E-state index in [0.29, 0.717) is 0 Å². The van der Waals surface area contributed by atoms with Gasteiger partial charge >= 0.3 is 0 Å². The Labute approximate surface area is 82.3 Å². The second kappa shape index (κ2) is 3.60. The van der Waals surface area contributed by atoms with E-state index >= 15 is 0 Å². The summed E-state index contributed by atoms with van der Waals surface area (Å²) >= 11 is 0. The van der Waals surface area contributed by atoms with E-state index in [1.807, 2.05) is 42.5 Å². The summed E-state index contributed by atoms with van der Waals surface area (Å²) in [6.45, 7) is 0. The topological polar surface area (TPSA) is 43.1 Å². The van der Waals surface area contributed by atoms with Gasteiger partial charge in [0.15, 0.2) is 0 Å². The van der Waals surface area contributed by atoms with Crippen molar-refractivity contribution in [1.29, 1.82) is 0 Å². The van der Waals surface area contributed by atoms with Crippen molar-refractivity contribution in [2.75, 3.05) is 0 Å². The van der Waals surface area contributed by atoms with Gasteiger partial charge in [-0.3, -0.25) is 4.79 Å². The van der Waals surface area contributed by atoms with E-state index in [0.717, 1.165) is 16.3 Å². The largest absolute Gasteiger partial charge is 0.317 e. The molecule has 0 spiro atoms. The molecular formula is C12H10NO. The Kier molecular flexibility index (Phi) is 2.29. The van der Waals surface area contributed by atoms with Crippen LogP contribution in [0.15, 0.2) is 42.5 Å². The van der Waals surface area contributed by atoms with Crippen molar-refractivity contribution in [1.82, 2.24) is 0 Å². The second-order valence-corrected chi connectivity index (χ2v) is 3.20. The van der Waals surface area contributed by atoms with Crippen LogP contribution in [-0.2, 0) is 4.79 Å². The van der Waals surface area contributed by atoms with Crippen LogP contribution >= 0.6 is 0 Å². The molecule has 2 N–H and O–H groups in total. The van der Waals surface area contributed by atoms with E-state index < -0.39 is 6.04 Å². The molecule has 1 atom stereocenters. The maximum absolute atomic E-state index is 10.4. The molecule has 0 saturated carbocycles. The summed E-state index contributed by atoms with van der Waals surface area (Å²) in [6, 6.07) is 13.1. The molecule has 0 aromatic heterocycles. The van der Waals surface area contributed by atoms with E-state index in [4.69, 9.17) is 5.73 Å². The van der Waals surface area contributed by atoms with Crippen molar-refractivity contribution in [2.45, 2.75) is 6.04 Å². The van der Waals surface area contributed by atoms with Crippen LogP contribution in [0.2, 0.25) is 0 Å². The lowest BCUT2D eigenvalue weighted by atomic mass is 10.0. The molecule has 0 heterocycles. The number of hydrogen-bond acceptors (Lipinski definition) is 2. The first-order valence-corrected chi connectivity index (χ1v) is 4.43. The van der Waals surface area contributed by atoms with E-state index in [1.54, 1.807) is 6.29 Å². The van der Waals surface area contributed by atoms with Crippen molar-refractivity contribution in [3.8, 4) is 0 Å². The lowest BCUT2D eigenvalue weighted by Gasteiger charge is -2.04. The van der Waals surface area contributed by atoms with Crippen LogP contribution in [0, 0.1) is 0 Å². The minimum absolute atomic E-state index is 0.639. The van der Waals surface area contributed by atoms with Gasteiger partial charge in [-0.15, -0.1) is 0 Å². The van der Waals surface area contributed by atoms with Gasteiger partial charge in [0.05, 0.1) is 6.04 Å². The van der Waals surface area contributed by atoms with Crippen LogP contribution in [0.3, 0.4) is 0 Å². The molecule has 2 heteroatoms. The smallest absolute Gasteiger partial charge is 0.221 e. The fourth-order valence-corrected chi connectivity index (χ4v) is 1.47. The summed E-state index contributed by atoms with van der Waals surface area (Å²) in [5.41, 5.74) is 6.37. The highest BCUT2D eigenvalue weighted by Crippen LogP contribution is 2.18. The first-order valence-electron chi connectivity index (χ1n) is 4.43. The van der Waals surface area contributed by atoms with Crippen molar-refractivity contribution >= 4 is 17.1 Å². The molecule has 0 amide bonds. The van der Waals surface area contributed by atoms with Gasteiger partial charge < -0.3 is 5.73 Å². The maximum atomic E-state index is 10.4. The van der Waals surface area contributed by atoms with Gasteiger partial charge in [0.2, 0.25) is 6.29 Å². The zero-order valence-corrected chi connectivity index (χ0v) is 7.60. The maximum Gasteiger partial charge on any atom is 0.221 e. The number of hydrogen-bond donors (Lipinski definition) is 1. The number of nitrogens with two attached hydrogens (primary N) is 1. The molecule has 0 saturated heterocycles. The molecule has 0 aliphatic carbocycles. The van der Waals surface area contributed by atoms with E-state index in [2.05, 4.69) is 0 Å². The van der Waals surface area contributed by atoms with Gasteiger partial charge in [0.25, 0.3) is 0 Å². The van der Waals surface area contributed by atoms with Crippen LogP contribution < -0.4 is 5.73 Å². The van der Waals surface area contributed by atoms with Gasteiger partial charge in [-0.25, -0.2) is 0 Å². The number of benzene rings is 2. The normalized spacial score (nSPS) is 12.6. The first-order chi connectivity index (χ1) is 6.81. The average molecular weight is 184 g/mol. The third-order valence-electron chi connectivity index (χ3n) is 2.26. The van der Waals surface area contributed by atoms with Crippen LogP contribution in [0.25, 0.3) is 10.8 Å². The average Bonchev–Trinajstić information content (AvgIpc) is 2.27. The van der Waals surface area contributed by atoms with Crippen LogP contribution in [-0.4, -0.2) is 6.29 Å². The van der Waals surface area contributed by atoms with E-state index in [1.165, 1.54) is 0 Å². The zero-order valence-electron chi connectivity index (χ0n) is 7.60. The van der Waals surface area contributed by atoms with Gasteiger partial charge in [-0.2, -0.15) is 0 Å². The van der Waals surface area contributed by atoms with E-state index in [-0.39, 0.29) is 0 Å². The molecular weight excluding hydrogens is 174 g/mol. The molecule has 1 unspecified atom stereocenters. The fraction of sp³-hybridized carbons (Fsp3) is 0.0833. The van der Waals surface area contributed by atoms with Gasteiger partial charge in [-0.05, 0) is 22.4 Å². The summed E-state index contributed by atoms with van der Waals surface area (Å²) in [6.07, 6.45) is 1.77. The first kappa shape index (κ1) is 8.91. The predicted molar refractivity (Wildman–Crippen MR) is 56.6 cm³/mol. The summed E-state index contributed by atoms with van der Waals surface area (Å²) in [5, 5.41) is 2.24. The van der Waals surface area contributed by atoms with Crippen molar-refractivity contribution in [3.63, 3.8) is 0 Å². The lowest BCUT2D eigenvalue weighted by Crippen LogP contribution is -2.10. The molecule has 2 aromatic carbocycles. The fourth-order valence-electron chi connectivity index (χ4n) is 1.47. The van der Waals surface area contributed by atoms with Crippen LogP contribution in [0.4, 0.5) is 0 Å². The standard InChI is InChI=1S/C12H10NO/c13-12(8-14)11-6-5-9-3-1-2-4-10(9)7-11/h1-7,12H,13H2. The Balaban J connectivity index is 2.56. The van der Waals surface area contributed by atoms with Crippen molar-refractivity contribution in [2.24, 2.45) is 5.73 Å². The SMILES string of the molecule is NC([C]=O)c1ccc2ccccc2c1. The predicted octanol–water partition coefficient (Wildman–Crippen LogP) is 1.95. The molecule has 2 nitrogen and oxygen atoms in total. The highest BCUT2D eigenvalue weighted by atomic mass is 16.1. The molecule has 1 radical (unpaired) electrons.